The molecule has 0 amide bonds. The standard InChI is InChI=1S/C15H17N6O6P/c1-11(27-28(26,18-4-5-18)19-6-7-19)12-2-3-13(20(22)23)14(8-12)17-9-15(16-10-17)21(24)25/h2-3,8-11H,4-7H2,1H3. The first-order valence-corrected chi connectivity index (χ1v) is 10.1. The number of aromatic nitrogens is 2. The topological polar surface area (TPSA) is 136 Å². The van der Waals surface area contributed by atoms with E-state index in [0.717, 1.165) is 12.5 Å². The van der Waals surface area contributed by atoms with E-state index in [1.54, 1.807) is 16.3 Å². The second-order valence-electron chi connectivity index (χ2n) is 6.55. The SMILES string of the molecule is CC(OP(=O)(N1CC1)N1CC1)c1ccc([N+](=O)[O-])c(-n2cnc([N+](=O)[O-])c2)c1. The molecule has 3 heterocycles. The van der Waals surface area contributed by atoms with E-state index in [2.05, 4.69) is 4.98 Å². The monoisotopic (exact) mass is 408 g/mol. The first-order valence-electron chi connectivity index (χ1n) is 8.56. The van der Waals surface area contributed by atoms with Crippen molar-refractivity contribution in [3.05, 3.63) is 56.5 Å². The summed E-state index contributed by atoms with van der Waals surface area (Å²) in [6.45, 7) is 4.58. The van der Waals surface area contributed by atoms with Crippen LogP contribution in [0.15, 0.2) is 30.7 Å². The highest BCUT2D eigenvalue weighted by atomic mass is 31.2. The maximum absolute atomic E-state index is 13.2. The van der Waals surface area contributed by atoms with Crippen molar-refractivity contribution in [3.8, 4) is 5.69 Å². The van der Waals surface area contributed by atoms with Crippen molar-refractivity contribution in [1.29, 1.82) is 0 Å². The normalized spacial score (nSPS) is 18.0. The van der Waals surface area contributed by atoms with E-state index in [4.69, 9.17) is 4.52 Å². The Morgan fingerprint density at radius 2 is 1.79 bits per heavy atom. The van der Waals surface area contributed by atoms with E-state index >= 15 is 0 Å². The molecule has 2 aliphatic rings. The van der Waals surface area contributed by atoms with Crippen LogP contribution in [0.5, 0.6) is 0 Å². The van der Waals surface area contributed by atoms with Crippen LogP contribution in [-0.4, -0.2) is 54.9 Å². The summed E-state index contributed by atoms with van der Waals surface area (Å²) in [6, 6.07) is 4.34. The minimum absolute atomic E-state index is 0.117. The zero-order valence-electron chi connectivity index (χ0n) is 14.9. The molecule has 1 aromatic heterocycles. The van der Waals surface area contributed by atoms with Gasteiger partial charge >= 0.3 is 13.5 Å². The summed E-state index contributed by atoms with van der Waals surface area (Å²) in [5.74, 6) is -0.420. The van der Waals surface area contributed by atoms with Gasteiger partial charge in [-0.3, -0.25) is 23.8 Å². The maximum atomic E-state index is 13.2. The van der Waals surface area contributed by atoms with E-state index in [1.165, 1.54) is 22.8 Å². The second-order valence-corrected chi connectivity index (χ2v) is 8.87. The minimum Gasteiger partial charge on any atom is -0.358 e. The fraction of sp³-hybridized carbons (Fsp3) is 0.400. The van der Waals surface area contributed by atoms with Crippen molar-refractivity contribution in [3.63, 3.8) is 0 Å². The Kier molecular flexibility index (Phi) is 4.50. The van der Waals surface area contributed by atoms with Crippen LogP contribution in [0, 0.1) is 20.2 Å². The number of hydrogen-bond acceptors (Lipinski definition) is 7. The molecule has 0 aliphatic carbocycles. The van der Waals surface area contributed by atoms with Gasteiger partial charge in [-0.2, -0.15) is 0 Å². The van der Waals surface area contributed by atoms with Gasteiger partial charge in [0.15, 0.2) is 0 Å². The number of nitro benzene ring substituents is 1. The van der Waals surface area contributed by atoms with Gasteiger partial charge in [0.1, 0.15) is 11.9 Å². The van der Waals surface area contributed by atoms with E-state index < -0.39 is 29.4 Å². The second kappa shape index (κ2) is 6.74. The zero-order valence-corrected chi connectivity index (χ0v) is 15.8. The number of benzene rings is 1. The summed E-state index contributed by atoms with van der Waals surface area (Å²) < 4.78 is 23.9. The summed E-state index contributed by atoms with van der Waals surface area (Å²) in [7, 11) is -3.07. The average Bonchev–Trinajstić information content (AvgIpc) is 3.57. The average molecular weight is 408 g/mol. The summed E-state index contributed by atoms with van der Waals surface area (Å²) in [4.78, 5) is 24.6. The quantitative estimate of drug-likeness (QED) is 0.279. The lowest BCUT2D eigenvalue weighted by Crippen LogP contribution is -2.11. The van der Waals surface area contributed by atoms with Crippen LogP contribution in [0.2, 0.25) is 0 Å². The Balaban J connectivity index is 1.67. The molecule has 12 nitrogen and oxygen atoms in total. The van der Waals surface area contributed by atoms with E-state index in [-0.39, 0.29) is 11.4 Å². The molecule has 2 aliphatic heterocycles. The van der Waals surface area contributed by atoms with Crippen molar-refractivity contribution >= 4 is 19.2 Å². The third-order valence-electron chi connectivity index (χ3n) is 4.56. The van der Waals surface area contributed by atoms with Gasteiger partial charge in [0.05, 0.1) is 11.0 Å². The number of nitrogens with zero attached hydrogens (tertiary/aromatic N) is 6. The largest absolute Gasteiger partial charge is 0.381 e. The van der Waals surface area contributed by atoms with Gasteiger partial charge in [0.25, 0.3) is 5.69 Å². The lowest BCUT2D eigenvalue weighted by molar-refractivity contribution is -0.389. The minimum atomic E-state index is -3.07. The first kappa shape index (κ1) is 18.7. The molecule has 1 atom stereocenters. The first-order chi connectivity index (χ1) is 13.3. The molecule has 2 saturated heterocycles. The van der Waals surface area contributed by atoms with Gasteiger partial charge in [-0.15, -0.1) is 0 Å². The van der Waals surface area contributed by atoms with Crippen molar-refractivity contribution in [2.45, 2.75) is 13.0 Å². The summed E-state index contributed by atoms with van der Waals surface area (Å²) in [5, 5.41) is 22.3. The van der Waals surface area contributed by atoms with E-state index in [9.17, 15) is 24.8 Å². The van der Waals surface area contributed by atoms with Crippen molar-refractivity contribution in [2.75, 3.05) is 26.2 Å². The number of rotatable bonds is 8. The number of nitro groups is 2. The Morgan fingerprint density at radius 3 is 2.29 bits per heavy atom. The molecular formula is C15H17N6O6P. The van der Waals surface area contributed by atoms with Gasteiger partial charge < -0.3 is 10.1 Å². The maximum Gasteiger partial charge on any atom is 0.381 e. The fourth-order valence-corrected chi connectivity index (χ4v) is 5.21. The van der Waals surface area contributed by atoms with Crippen molar-refractivity contribution in [2.24, 2.45) is 0 Å². The van der Waals surface area contributed by atoms with Crippen LogP contribution in [-0.2, 0) is 9.09 Å². The van der Waals surface area contributed by atoms with Gasteiger partial charge in [-0.1, -0.05) is 0 Å². The molecule has 2 fully saturated rings. The Morgan fingerprint density at radius 1 is 1.14 bits per heavy atom. The fourth-order valence-electron chi connectivity index (χ4n) is 2.87. The van der Waals surface area contributed by atoms with E-state index in [1.807, 2.05) is 0 Å². The molecule has 0 N–H and O–H groups in total. The van der Waals surface area contributed by atoms with E-state index in [0.29, 0.717) is 31.7 Å². The Bertz CT molecular complexity index is 985. The Hall–Kier alpha value is -2.66. The van der Waals surface area contributed by atoms with Gasteiger partial charge in [-0.25, -0.2) is 9.34 Å². The van der Waals surface area contributed by atoms with Gasteiger partial charge in [0.2, 0.25) is 6.33 Å². The highest BCUT2D eigenvalue weighted by Crippen LogP contribution is 2.63. The lowest BCUT2D eigenvalue weighted by atomic mass is 10.1. The van der Waals surface area contributed by atoms with Crippen LogP contribution in [0.25, 0.3) is 5.69 Å². The predicted octanol–water partition coefficient (Wildman–Crippen LogP) is 2.51. The molecule has 0 radical (unpaired) electrons. The molecule has 1 aromatic carbocycles. The van der Waals surface area contributed by atoms with Crippen molar-refractivity contribution < 1.29 is 18.9 Å². The number of imidazole rings is 1. The molecule has 4 rings (SSSR count). The third-order valence-corrected chi connectivity index (χ3v) is 7.38. The van der Waals surface area contributed by atoms with Crippen molar-refractivity contribution in [1.82, 2.24) is 18.9 Å². The molecule has 148 valence electrons. The molecule has 2 aromatic rings. The predicted molar refractivity (Wildman–Crippen MR) is 97.1 cm³/mol. The molecule has 0 saturated carbocycles. The molecule has 13 heteroatoms. The summed E-state index contributed by atoms with van der Waals surface area (Å²) in [6.07, 6.45) is 1.66. The molecule has 0 bridgehead atoms. The van der Waals surface area contributed by atoms with Gasteiger partial charge in [0, 0.05) is 32.2 Å². The van der Waals surface area contributed by atoms with Crippen LogP contribution in [0.4, 0.5) is 11.5 Å². The zero-order chi connectivity index (χ0) is 20.1. The van der Waals surface area contributed by atoms with Crippen LogP contribution < -0.4 is 0 Å². The van der Waals surface area contributed by atoms with Crippen LogP contribution in [0.3, 0.4) is 0 Å². The lowest BCUT2D eigenvalue weighted by Gasteiger charge is -2.24. The molecule has 0 spiro atoms. The molecule has 28 heavy (non-hydrogen) atoms. The Labute approximate surface area is 159 Å². The highest BCUT2D eigenvalue weighted by molar-refractivity contribution is 7.54. The summed E-state index contributed by atoms with van der Waals surface area (Å²) >= 11 is 0. The van der Waals surface area contributed by atoms with Crippen LogP contribution >= 0.6 is 7.67 Å². The third kappa shape index (κ3) is 3.42. The van der Waals surface area contributed by atoms with Gasteiger partial charge in [-0.05, 0) is 34.5 Å². The number of hydrogen-bond donors (Lipinski definition) is 0. The summed E-state index contributed by atoms with van der Waals surface area (Å²) in [5.41, 5.74) is 0.455. The van der Waals surface area contributed by atoms with Crippen LogP contribution in [0.1, 0.15) is 18.6 Å². The molecular weight excluding hydrogens is 391 g/mol. The molecule has 1 unspecified atom stereocenters. The highest BCUT2D eigenvalue weighted by Gasteiger charge is 2.50. The smallest absolute Gasteiger partial charge is 0.358 e.